The molecule has 3 nitrogen and oxygen atoms in total. The monoisotopic (exact) mass is 194 g/mol. The van der Waals surface area contributed by atoms with E-state index in [2.05, 4.69) is 10.5 Å². The van der Waals surface area contributed by atoms with Crippen LogP contribution in [0.2, 0.25) is 0 Å². The zero-order chi connectivity index (χ0) is 9.52. The Kier molecular flexibility index (Phi) is 3.92. The van der Waals surface area contributed by atoms with Gasteiger partial charge >= 0.3 is 0 Å². The molecule has 0 amide bonds. The number of ether oxygens (including phenoxy) is 1. The van der Waals surface area contributed by atoms with E-state index in [-0.39, 0.29) is 5.17 Å². The third kappa shape index (κ3) is 3.66. The highest BCUT2D eigenvalue weighted by atomic mass is 32.1. The minimum Gasteiger partial charge on any atom is -0.473 e. The summed E-state index contributed by atoms with van der Waals surface area (Å²) >= 11 is 4.72. The average molecular weight is 194 g/mol. The van der Waals surface area contributed by atoms with Crippen LogP contribution in [0.15, 0.2) is 35.4 Å². The molecule has 4 heteroatoms. The summed E-state index contributed by atoms with van der Waals surface area (Å²) in [6.45, 7) is 0. The third-order valence-electron chi connectivity index (χ3n) is 1.35. The molecule has 0 aliphatic rings. The van der Waals surface area contributed by atoms with Gasteiger partial charge in [-0.25, -0.2) is 5.43 Å². The van der Waals surface area contributed by atoms with Crippen molar-refractivity contribution in [1.82, 2.24) is 5.43 Å². The van der Waals surface area contributed by atoms with E-state index in [0.29, 0.717) is 0 Å². The van der Waals surface area contributed by atoms with Gasteiger partial charge in [-0.05, 0) is 17.8 Å². The zero-order valence-corrected chi connectivity index (χ0v) is 8.04. The van der Waals surface area contributed by atoms with Gasteiger partial charge in [0.05, 0.1) is 13.3 Å². The lowest BCUT2D eigenvalue weighted by Gasteiger charge is -1.98. The van der Waals surface area contributed by atoms with Crippen LogP contribution in [-0.2, 0) is 4.74 Å². The number of hydrogen-bond acceptors (Lipinski definition) is 3. The number of nitrogens with zero attached hydrogens (tertiary/aromatic N) is 1. The van der Waals surface area contributed by atoms with Crippen molar-refractivity contribution >= 4 is 23.6 Å². The van der Waals surface area contributed by atoms with Gasteiger partial charge in [0, 0.05) is 0 Å². The highest BCUT2D eigenvalue weighted by Gasteiger charge is 1.87. The third-order valence-corrected chi connectivity index (χ3v) is 1.61. The molecule has 1 N–H and O–H groups in total. The summed E-state index contributed by atoms with van der Waals surface area (Å²) in [5.41, 5.74) is 3.57. The molecule has 1 aromatic carbocycles. The van der Waals surface area contributed by atoms with Crippen molar-refractivity contribution in [3.63, 3.8) is 0 Å². The Balaban J connectivity index is 2.45. The van der Waals surface area contributed by atoms with Gasteiger partial charge in [-0.15, -0.1) is 0 Å². The first-order valence-corrected chi connectivity index (χ1v) is 4.16. The second-order valence-corrected chi connectivity index (χ2v) is 2.64. The number of thiocarbonyl (C=S) groups is 1. The standard InChI is InChI=1S/C9H10N2OS/c1-12-9(13)11-10-7-8-5-3-2-4-6-8/h2-7H,1H3,(H,11,13)/b10-7+. The van der Waals surface area contributed by atoms with Crippen molar-refractivity contribution in [2.45, 2.75) is 0 Å². The number of methoxy groups -OCH3 is 1. The molecule has 1 rings (SSSR count). The molecule has 0 atom stereocenters. The summed E-state index contributed by atoms with van der Waals surface area (Å²) in [6.07, 6.45) is 1.67. The van der Waals surface area contributed by atoms with Crippen molar-refractivity contribution in [3.8, 4) is 0 Å². The molecule has 13 heavy (non-hydrogen) atoms. The second kappa shape index (κ2) is 5.27. The van der Waals surface area contributed by atoms with Crippen LogP contribution in [0.25, 0.3) is 0 Å². The zero-order valence-electron chi connectivity index (χ0n) is 7.23. The molecule has 0 unspecified atom stereocenters. The van der Waals surface area contributed by atoms with Crippen LogP contribution >= 0.6 is 12.2 Å². The Morgan fingerprint density at radius 3 is 2.77 bits per heavy atom. The molecular formula is C9H10N2OS. The van der Waals surface area contributed by atoms with Crippen LogP contribution in [0, 0.1) is 0 Å². The lowest BCUT2D eigenvalue weighted by molar-refractivity contribution is 0.395. The van der Waals surface area contributed by atoms with Gasteiger partial charge in [-0.3, -0.25) is 0 Å². The quantitative estimate of drug-likeness (QED) is 0.440. The van der Waals surface area contributed by atoms with Crippen LogP contribution < -0.4 is 5.43 Å². The van der Waals surface area contributed by atoms with E-state index in [4.69, 9.17) is 17.0 Å². The van der Waals surface area contributed by atoms with E-state index < -0.39 is 0 Å². The molecule has 0 aliphatic heterocycles. The van der Waals surface area contributed by atoms with Gasteiger partial charge < -0.3 is 4.74 Å². The summed E-state index contributed by atoms with van der Waals surface area (Å²) in [5.74, 6) is 0. The summed E-state index contributed by atoms with van der Waals surface area (Å²) in [5, 5.41) is 4.13. The molecule has 0 radical (unpaired) electrons. The highest BCUT2D eigenvalue weighted by molar-refractivity contribution is 7.80. The maximum Gasteiger partial charge on any atom is 0.277 e. The van der Waals surface area contributed by atoms with Crippen molar-refractivity contribution in [3.05, 3.63) is 35.9 Å². The Morgan fingerprint density at radius 1 is 1.46 bits per heavy atom. The smallest absolute Gasteiger partial charge is 0.277 e. The fourth-order valence-electron chi connectivity index (χ4n) is 0.744. The SMILES string of the molecule is COC(=S)N/N=C/c1ccccc1. The summed E-state index contributed by atoms with van der Waals surface area (Å²) in [4.78, 5) is 0. The predicted molar refractivity (Wildman–Crippen MR) is 56.8 cm³/mol. The van der Waals surface area contributed by atoms with Crippen LogP contribution in [0.5, 0.6) is 0 Å². The first-order valence-electron chi connectivity index (χ1n) is 3.75. The van der Waals surface area contributed by atoms with Gasteiger partial charge in [0.2, 0.25) is 0 Å². The van der Waals surface area contributed by atoms with Crippen LogP contribution in [-0.4, -0.2) is 18.5 Å². The van der Waals surface area contributed by atoms with E-state index in [1.54, 1.807) is 6.21 Å². The number of benzene rings is 1. The molecule has 0 aromatic heterocycles. The summed E-state index contributed by atoms with van der Waals surface area (Å²) in [6, 6.07) is 9.72. The van der Waals surface area contributed by atoms with Gasteiger partial charge in [0.15, 0.2) is 0 Å². The van der Waals surface area contributed by atoms with Crippen LogP contribution in [0.1, 0.15) is 5.56 Å². The van der Waals surface area contributed by atoms with Crippen LogP contribution in [0.4, 0.5) is 0 Å². The molecule has 0 aliphatic carbocycles. The minimum atomic E-state index is 0.257. The summed E-state index contributed by atoms with van der Waals surface area (Å²) in [7, 11) is 1.49. The molecule has 0 fully saturated rings. The Bertz CT molecular complexity index is 298. The largest absolute Gasteiger partial charge is 0.473 e. The number of rotatable bonds is 2. The molecule has 0 saturated heterocycles. The molecule has 0 bridgehead atoms. The fraction of sp³-hybridized carbons (Fsp3) is 0.111. The van der Waals surface area contributed by atoms with E-state index in [9.17, 15) is 0 Å². The van der Waals surface area contributed by atoms with E-state index in [1.165, 1.54) is 7.11 Å². The maximum atomic E-state index is 4.72. The van der Waals surface area contributed by atoms with Gasteiger partial charge in [0.1, 0.15) is 0 Å². The normalized spacial score (nSPS) is 9.92. The predicted octanol–water partition coefficient (Wildman–Crippen LogP) is 1.54. The Labute approximate surface area is 82.4 Å². The topological polar surface area (TPSA) is 33.6 Å². The highest BCUT2D eigenvalue weighted by Crippen LogP contribution is 1.92. The summed E-state index contributed by atoms with van der Waals surface area (Å²) < 4.78 is 4.69. The van der Waals surface area contributed by atoms with Gasteiger partial charge in [-0.1, -0.05) is 30.3 Å². The van der Waals surface area contributed by atoms with Gasteiger partial charge in [-0.2, -0.15) is 5.10 Å². The molecule has 0 spiro atoms. The van der Waals surface area contributed by atoms with Crippen molar-refractivity contribution in [2.24, 2.45) is 5.10 Å². The number of nitrogens with one attached hydrogen (secondary N) is 1. The average Bonchev–Trinajstić information content (AvgIpc) is 2.19. The first-order chi connectivity index (χ1) is 6.33. The van der Waals surface area contributed by atoms with Crippen molar-refractivity contribution < 1.29 is 4.74 Å². The Morgan fingerprint density at radius 2 is 2.15 bits per heavy atom. The number of hydrogen-bond donors (Lipinski definition) is 1. The van der Waals surface area contributed by atoms with E-state index in [1.807, 2.05) is 30.3 Å². The van der Waals surface area contributed by atoms with Crippen LogP contribution in [0.3, 0.4) is 0 Å². The van der Waals surface area contributed by atoms with Crippen molar-refractivity contribution in [1.29, 1.82) is 0 Å². The second-order valence-electron chi connectivity index (χ2n) is 2.27. The molecule has 68 valence electrons. The lowest BCUT2D eigenvalue weighted by atomic mass is 10.2. The molecule has 0 saturated carbocycles. The van der Waals surface area contributed by atoms with Crippen molar-refractivity contribution in [2.75, 3.05) is 7.11 Å². The number of hydrazone groups is 1. The van der Waals surface area contributed by atoms with E-state index in [0.717, 1.165) is 5.56 Å². The van der Waals surface area contributed by atoms with E-state index >= 15 is 0 Å². The Hall–Kier alpha value is -1.42. The molecular weight excluding hydrogens is 184 g/mol. The minimum absolute atomic E-state index is 0.257. The first kappa shape index (κ1) is 9.67. The fourth-order valence-corrected chi connectivity index (χ4v) is 0.797. The lowest BCUT2D eigenvalue weighted by Crippen LogP contribution is -2.16. The maximum absolute atomic E-state index is 4.72. The molecule has 1 aromatic rings. The molecule has 0 heterocycles. The van der Waals surface area contributed by atoms with Gasteiger partial charge in [0.25, 0.3) is 5.17 Å².